The molecule has 0 aliphatic heterocycles. The molecule has 0 aliphatic carbocycles. The van der Waals surface area contributed by atoms with Gasteiger partial charge in [-0.3, -0.25) is 4.98 Å². The molecule has 7 nitrogen and oxygen atoms in total. The molecule has 3 heterocycles. The van der Waals surface area contributed by atoms with Gasteiger partial charge in [0.25, 0.3) is 5.95 Å². The second kappa shape index (κ2) is 6.35. The molecule has 7 heteroatoms. The van der Waals surface area contributed by atoms with Crippen molar-refractivity contribution >= 4 is 5.97 Å². The maximum atomic E-state index is 12.0. The average Bonchev–Trinajstić information content (AvgIpc) is 3.02. The molecule has 0 fully saturated rings. The highest BCUT2D eigenvalue weighted by atomic mass is 16.5. The van der Waals surface area contributed by atoms with Crippen LogP contribution < -0.4 is 0 Å². The van der Waals surface area contributed by atoms with Crippen LogP contribution in [0.2, 0.25) is 0 Å². The molecule has 0 saturated heterocycles. The molecule has 0 aliphatic rings. The van der Waals surface area contributed by atoms with Gasteiger partial charge in [-0.2, -0.15) is 9.78 Å². The van der Waals surface area contributed by atoms with Crippen molar-refractivity contribution < 1.29 is 9.53 Å². The lowest BCUT2D eigenvalue weighted by molar-refractivity contribution is 0.0519. The first kappa shape index (κ1) is 14.8. The summed E-state index contributed by atoms with van der Waals surface area (Å²) in [6, 6.07) is 7.14. The molecule has 3 aromatic heterocycles. The zero-order valence-corrected chi connectivity index (χ0v) is 12.8. The van der Waals surface area contributed by atoms with E-state index in [1.807, 2.05) is 19.1 Å². The summed E-state index contributed by atoms with van der Waals surface area (Å²) < 4.78 is 6.50. The SMILES string of the molecule is CCOC(=O)c1cc(-c2ccc(C)cn2)n(-c2ncccn2)n1. The van der Waals surface area contributed by atoms with Gasteiger partial charge in [-0.1, -0.05) is 6.07 Å². The van der Waals surface area contributed by atoms with E-state index in [0.717, 1.165) is 5.56 Å². The molecular formula is C16H15N5O2. The Morgan fingerprint density at radius 2 is 2.00 bits per heavy atom. The minimum atomic E-state index is -0.490. The largest absolute Gasteiger partial charge is 0.461 e. The Hall–Kier alpha value is -3.09. The first-order valence-electron chi connectivity index (χ1n) is 7.16. The zero-order chi connectivity index (χ0) is 16.2. The Morgan fingerprint density at radius 3 is 2.65 bits per heavy atom. The van der Waals surface area contributed by atoms with Crippen molar-refractivity contribution in [2.24, 2.45) is 0 Å². The van der Waals surface area contributed by atoms with E-state index in [1.165, 1.54) is 4.68 Å². The van der Waals surface area contributed by atoms with Crippen LogP contribution in [0.1, 0.15) is 23.0 Å². The van der Waals surface area contributed by atoms with Gasteiger partial charge < -0.3 is 4.74 Å². The summed E-state index contributed by atoms with van der Waals surface area (Å²) >= 11 is 0. The van der Waals surface area contributed by atoms with Crippen LogP contribution in [0.4, 0.5) is 0 Å². The Balaban J connectivity index is 2.12. The summed E-state index contributed by atoms with van der Waals surface area (Å²) in [5, 5.41) is 4.27. The van der Waals surface area contributed by atoms with Crippen molar-refractivity contribution in [2.45, 2.75) is 13.8 Å². The number of nitrogens with zero attached hydrogens (tertiary/aromatic N) is 5. The van der Waals surface area contributed by atoms with Crippen LogP contribution in [0.15, 0.2) is 42.9 Å². The van der Waals surface area contributed by atoms with Gasteiger partial charge in [0.1, 0.15) is 0 Å². The van der Waals surface area contributed by atoms with E-state index in [1.54, 1.807) is 37.6 Å². The quantitative estimate of drug-likeness (QED) is 0.687. The Bertz CT molecular complexity index is 812. The van der Waals surface area contributed by atoms with Gasteiger partial charge in [0.15, 0.2) is 5.69 Å². The van der Waals surface area contributed by atoms with E-state index >= 15 is 0 Å². The fourth-order valence-electron chi connectivity index (χ4n) is 2.04. The van der Waals surface area contributed by atoms with Gasteiger partial charge in [0.2, 0.25) is 0 Å². The molecule has 0 spiro atoms. The third-order valence-electron chi connectivity index (χ3n) is 3.11. The number of pyridine rings is 1. The van der Waals surface area contributed by atoms with Crippen molar-refractivity contribution in [3.05, 3.63) is 54.1 Å². The highest BCUT2D eigenvalue weighted by Crippen LogP contribution is 2.21. The van der Waals surface area contributed by atoms with E-state index in [2.05, 4.69) is 20.1 Å². The lowest BCUT2D eigenvalue weighted by atomic mass is 10.2. The number of carbonyl (C=O) groups is 1. The second-order valence-corrected chi connectivity index (χ2v) is 4.82. The molecule has 23 heavy (non-hydrogen) atoms. The lowest BCUT2D eigenvalue weighted by Crippen LogP contribution is -2.08. The minimum absolute atomic E-state index is 0.191. The van der Waals surface area contributed by atoms with Gasteiger partial charge in [-0.15, -0.1) is 0 Å². The van der Waals surface area contributed by atoms with Crippen LogP contribution in [-0.4, -0.2) is 37.3 Å². The van der Waals surface area contributed by atoms with E-state index < -0.39 is 5.97 Å². The number of aryl methyl sites for hydroxylation is 1. The van der Waals surface area contributed by atoms with E-state index in [-0.39, 0.29) is 12.3 Å². The Kier molecular flexibility index (Phi) is 4.09. The topological polar surface area (TPSA) is 82.8 Å². The van der Waals surface area contributed by atoms with Gasteiger partial charge in [-0.25, -0.2) is 14.8 Å². The molecule has 0 bridgehead atoms. The molecule has 0 unspecified atom stereocenters. The van der Waals surface area contributed by atoms with E-state index in [9.17, 15) is 4.79 Å². The average molecular weight is 309 g/mol. The molecule has 3 aromatic rings. The third kappa shape index (κ3) is 3.08. The first-order chi connectivity index (χ1) is 11.2. The number of ether oxygens (including phenoxy) is 1. The fraction of sp³-hybridized carbons (Fsp3) is 0.188. The molecule has 116 valence electrons. The monoisotopic (exact) mass is 309 g/mol. The van der Waals surface area contributed by atoms with Crippen molar-refractivity contribution in [2.75, 3.05) is 6.61 Å². The van der Waals surface area contributed by atoms with Crippen LogP contribution in [-0.2, 0) is 4.74 Å². The number of hydrogen-bond donors (Lipinski definition) is 0. The van der Waals surface area contributed by atoms with Crippen LogP contribution in [0.3, 0.4) is 0 Å². The summed E-state index contributed by atoms with van der Waals surface area (Å²) in [5.41, 5.74) is 2.53. The van der Waals surface area contributed by atoms with Crippen molar-refractivity contribution in [3.8, 4) is 17.3 Å². The molecule has 0 atom stereocenters. The van der Waals surface area contributed by atoms with Crippen LogP contribution in [0, 0.1) is 6.92 Å². The summed E-state index contributed by atoms with van der Waals surface area (Å²) in [7, 11) is 0. The summed E-state index contributed by atoms with van der Waals surface area (Å²) in [6.45, 7) is 3.99. The van der Waals surface area contributed by atoms with Gasteiger partial charge in [0.05, 0.1) is 18.0 Å². The number of aromatic nitrogens is 5. The molecule has 0 aromatic carbocycles. The maximum absolute atomic E-state index is 12.0. The van der Waals surface area contributed by atoms with E-state index in [0.29, 0.717) is 17.3 Å². The molecule has 0 N–H and O–H groups in total. The van der Waals surface area contributed by atoms with Crippen molar-refractivity contribution in [3.63, 3.8) is 0 Å². The first-order valence-corrected chi connectivity index (χ1v) is 7.16. The molecule has 0 amide bonds. The minimum Gasteiger partial charge on any atom is -0.461 e. The number of rotatable bonds is 4. The van der Waals surface area contributed by atoms with Crippen LogP contribution in [0.25, 0.3) is 17.3 Å². The number of carbonyl (C=O) groups excluding carboxylic acids is 1. The van der Waals surface area contributed by atoms with Crippen molar-refractivity contribution in [1.82, 2.24) is 24.7 Å². The van der Waals surface area contributed by atoms with Gasteiger partial charge in [-0.05, 0) is 31.5 Å². The number of hydrogen-bond acceptors (Lipinski definition) is 6. The van der Waals surface area contributed by atoms with E-state index in [4.69, 9.17) is 4.74 Å². The number of esters is 1. The molecule has 0 saturated carbocycles. The smallest absolute Gasteiger partial charge is 0.358 e. The van der Waals surface area contributed by atoms with Crippen LogP contribution in [0.5, 0.6) is 0 Å². The maximum Gasteiger partial charge on any atom is 0.358 e. The summed E-state index contributed by atoms with van der Waals surface area (Å²) in [4.78, 5) is 24.7. The summed E-state index contributed by atoms with van der Waals surface area (Å²) in [5.74, 6) is -0.129. The molecule has 0 radical (unpaired) electrons. The Labute approximate surface area is 133 Å². The Morgan fingerprint density at radius 1 is 1.22 bits per heavy atom. The highest BCUT2D eigenvalue weighted by molar-refractivity contribution is 5.88. The second-order valence-electron chi connectivity index (χ2n) is 4.82. The predicted molar refractivity (Wildman–Crippen MR) is 83.1 cm³/mol. The van der Waals surface area contributed by atoms with Crippen molar-refractivity contribution in [1.29, 1.82) is 0 Å². The zero-order valence-electron chi connectivity index (χ0n) is 12.8. The predicted octanol–water partition coefficient (Wildman–Crippen LogP) is 2.21. The fourth-order valence-corrected chi connectivity index (χ4v) is 2.04. The summed E-state index contributed by atoms with van der Waals surface area (Å²) in [6.07, 6.45) is 4.98. The van der Waals surface area contributed by atoms with Gasteiger partial charge >= 0.3 is 5.97 Å². The highest BCUT2D eigenvalue weighted by Gasteiger charge is 2.19. The normalized spacial score (nSPS) is 10.5. The third-order valence-corrected chi connectivity index (χ3v) is 3.11. The molecular weight excluding hydrogens is 294 g/mol. The van der Waals surface area contributed by atoms with Gasteiger partial charge in [0, 0.05) is 24.7 Å². The van der Waals surface area contributed by atoms with Crippen LogP contribution >= 0.6 is 0 Å². The lowest BCUT2D eigenvalue weighted by Gasteiger charge is -2.04. The molecule has 3 rings (SSSR count). The standard InChI is InChI=1S/C16H15N5O2/c1-3-23-15(22)13-9-14(12-6-5-11(2)10-19-12)21(20-13)16-17-7-4-8-18-16/h4-10H,3H2,1-2H3.